The predicted molar refractivity (Wildman–Crippen MR) is 325 cm³/mol. The predicted octanol–water partition coefficient (Wildman–Crippen LogP) is 21.4. The van der Waals surface area contributed by atoms with Gasteiger partial charge in [0.25, 0.3) is 0 Å². The second kappa shape index (κ2) is 62.6. The highest BCUT2D eigenvalue weighted by Gasteiger charge is 2.19. The van der Waals surface area contributed by atoms with Crippen molar-refractivity contribution in [1.82, 2.24) is 0 Å². The lowest BCUT2D eigenvalue weighted by atomic mass is 10.0. The van der Waals surface area contributed by atoms with E-state index >= 15 is 0 Å². The molecule has 75 heavy (non-hydrogen) atoms. The van der Waals surface area contributed by atoms with Crippen molar-refractivity contribution in [3.05, 3.63) is 109 Å². The second-order valence-electron chi connectivity index (χ2n) is 20.6. The van der Waals surface area contributed by atoms with Crippen LogP contribution in [0.3, 0.4) is 0 Å². The van der Waals surface area contributed by atoms with Gasteiger partial charge in [0, 0.05) is 19.3 Å². The number of hydrogen-bond donors (Lipinski definition) is 0. The van der Waals surface area contributed by atoms with Gasteiger partial charge < -0.3 is 14.2 Å². The van der Waals surface area contributed by atoms with E-state index in [1.165, 1.54) is 103 Å². The molecule has 0 bridgehead atoms. The molecule has 0 aromatic carbocycles. The van der Waals surface area contributed by atoms with Crippen molar-refractivity contribution >= 4 is 17.9 Å². The Balaban J connectivity index is 4.40. The van der Waals surface area contributed by atoms with E-state index in [1.54, 1.807) is 0 Å². The maximum Gasteiger partial charge on any atom is 0.306 e. The molecule has 0 fully saturated rings. The Hall–Kier alpha value is -3.93. The molecule has 1 atom stereocenters. The Morgan fingerprint density at radius 1 is 0.280 bits per heavy atom. The number of carbonyl (C=O) groups excluding carboxylic acids is 3. The third-order valence-corrected chi connectivity index (χ3v) is 13.3. The zero-order valence-electron chi connectivity index (χ0n) is 49.0. The Bertz CT molecular complexity index is 1520. The Morgan fingerprint density at radius 3 is 0.813 bits per heavy atom. The first-order valence-corrected chi connectivity index (χ1v) is 31.4. The fraction of sp³-hybridized carbons (Fsp3) is 0.696. The molecule has 0 rings (SSSR count). The van der Waals surface area contributed by atoms with Crippen LogP contribution in [0.1, 0.15) is 290 Å². The molecule has 6 nitrogen and oxygen atoms in total. The largest absolute Gasteiger partial charge is 0.462 e. The summed E-state index contributed by atoms with van der Waals surface area (Å²) in [6, 6.07) is 0. The first kappa shape index (κ1) is 71.1. The van der Waals surface area contributed by atoms with Gasteiger partial charge in [-0.3, -0.25) is 14.4 Å². The summed E-state index contributed by atoms with van der Waals surface area (Å²) in [4.78, 5) is 38.3. The van der Waals surface area contributed by atoms with Crippen LogP contribution in [-0.2, 0) is 28.6 Å². The minimum atomic E-state index is -0.793. The molecule has 428 valence electrons. The van der Waals surface area contributed by atoms with E-state index in [0.29, 0.717) is 19.3 Å². The molecule has 0 saturated carbocycles. The van der Waals surface area contributed by atoms with Crippen molar-refractivity contribution in [2.24, 2.45) is 0 Å². The number of esters is 3. The van der Waals surface area contributed by atoms with Crippen LogP contribution in [0.15, 0.2) is 109 Å². The zero-order chi connectivity index (χ0) is 54.3. The van der Waals surface area contributed by atoms with E-state index in [1.807, 2.05) is 0 Å². The molecule has 0 N–H and O–H groups in total. The van der Waals surface area contributed by atoms with Crippen LogP contribution >= 0.6 is 0 Å². The van der Waals surface area contributed by atoms with Gasteiger partial charge in [-0.2, -0.15) is 0 Å². The monoisotopic (exact) mass is 1040 g/mol. The third kappa shape index (κ3) is 60.8. The van der Waals surface area contributed by atoms with Crippen molar-refractivity contribution in [2.45, 2.75) is 297 Å². The highest BCUT2D eigenvalue weighted by atomic mass is 16.6. The van der Waals surface area contributed by atoms with Crippen molar-refractivity contribution in [3.63, 3.8) is 0 Å². The number of ether oxygens (including phenoxy) is 3. The summed E-state index contributed by atoms with van der Waals surface area (Å²) >= 11 is 0. The van der Waals surface area contributed by atoms with E-state index < -0.39 is 6.10 Å². The maximum absolute atomic E-state index is 12.9. The van der Waals surface area contributed by atoms with E-state index in [-0.39, 0.29) is 31.1 Å². The van der Waals surface area contributed by atoms with Gasteiger partial charge in [0.1, 0.15) is 13.2 Å². The van der Waals surface area contributed by atoms with Crippen LogP contribution in [-0.4, -0.2) is 37.2 Å². The van der Waals surface area contributed by atoms with Crippen LogP contribution in [0, 0.1) is 0 Å². The van der Waals surface area contributed by atoms with Crippen molar-refractivity contribution in [1.29, 1.82) is 0 Å². The summed E-state index contributed by atoms with van der Waals surface area (Å²) in [5, 5.41) is 0. The highest BCUT2D eigenvalue weighted by molar-refractivity contribution is 5.71. The van der Waals surface area contributed by atoms with Gasteiger partial charge in [0.05, 0.1) is 0 Å². The molecule has 0 aliphatic heterocycles. The molecule has 0 saturated heterocycles. The molecule has 0 radical (unpaired) electrons. The van der Waals surface area contributed by atoms with Gasteiger partial charge in [-0.15, -0.1) is 0 Å². The molecular weight excluding hydrogens is 925 g/mol. The van der Waals surface area contributed by atoms with Gasteiger partial charge in [-0.05, 0) is 103 Å². The first-order chi connectivity index (χ1) is 37.0. The lowest BCUT2D eigenvalue weighted by Crippen LogP contribution is -2.30. The third-order valence-electron chi connectivity index (χ3n) is 13.3. The van der Waals surface area contributed by atoms with Gasteiger partial charge in [0.15, 0.2) is 6.10 Å². The standard InChI is InChI=1S/C69H116O6/c1-4-7-10-13-16-19-22-25-28-30-31-32-33-34-35-36-37-39-41-44-47-50-53-56-59-62-68(71)74-65-66(64-73-67(70)61-58-55-52-49-46-43-40-27-24-21-18-15-12-9-6-3)75-69(72)63-60-57-54-51-48-45-42-38-29-26-23-20-17-14-11-8-5-2/h7,9-10,12,16,18-19,21,25,27-28,31-32,34-35,37,39-40,66H,4-6,8,11,13-15,17,20,22-24,26,29-30,33,36,38,41-65H2,1-3H3/b10-7-,12-9-,19-16-,21-18-,28-25-,32-31-,35-34-,39-37-,40-27-. The number of carbonyl (C=O) groups is 3. The number of rotatable bonds is 56. The zero-order valence-corrected chi connectivity index (χ0v) is 49.0. The van der Waals surface area contributed by atoms with Gasteiger partial charge in [-0.25, -0.2) is 0 Å². The minimum absolute atomic E-state index is 0.0907. The lowest BCUT2D eigenvalue weighted by molar-refractivity contribution is -0.167. The van der Waals surface area contributed by atoms with Gasteiger partial charge >= 0.3 is 17.9 Å². The summed E-state index contributed by atoms with van der Waals surface area (Å²) in [7, 11) is 0. The summed E-state index contributed by atoms with van der Waals surface area (Å²) < 4.78 is 16.9. The molecule has 0 aromatic heterocycles. The Morgan fingerprint density at radius 2 is 0.520 bits per heavy atom. The van der Waals surface area contributed by atoms with Crippen molar-refractivity contribution in [3.8, 4) is 0 Å². The molecule has 6 heteroatoms. The normalized spacial score (nSPS) is 12.8. The molecule has 0 aliphatic carbocycles. The molecule has 1 unspecified atom stereocenters. The Labute approximate surface area is 463 Å². The summed E-state index contributed by atoms with van der Waals surface area (Å²) in [6.07, 6.45) is 85.1. The lowest BCUT2D eigenvalue weighted by Gasteiger charge is -2.18. The van der Waals surface area contributed by atoms with Crippen LogP contribution in [0.25, 0.3) is 0 Å². The molecule has 0 aliphatic rings. The van der Waals surface area contributed by atoms with Crippen LogP contribution < -0.4 is 0 Å². The topological polar surface area (TPSA) is 78.9 Å². The average molecular weight is 1040 g/mol. The van der Waals surface area contributed by atoms with E-state index in [4.69, 9.17) is 14.2 Å². The Kier molecular flexibility index (Phi) is 59.3. The fourth-order valence-corrected chi connectivity index (χ4v) is 8.64. The number of hydrogen-bond acceptors (Lipinski definition) is 6. The summed E-state index contributed by atoms with van der Waals surface area (Å²) in [5.74, 6) is -0.912. The molecule has 0 heterocycles. The molecule has 0 aromatic rings. The quantitative estimate of drug-likeness (QED) is 0.0261. The fourth-order valence-electron chi connectivity index (χ4n) is 8.64. The molecular formula is C69H116O6. The highest BCUT2D eigenvalue weighted by Crippen LogP contribution is 2.16. The number of allylic oxidation sites excluding steroid dienone is 18. The van der Waals surface area contributed by atoms with Crippen LogP contribution in [0.4, 0.5) is 0 Å². The average Bonchev–Trinajstić information content (AvgIpc) is 3.41. The SMILES string of the molecule is CC/C=C\C/C=C\C/C=C\C/C=C\C/C=C\C/C=C\CCCCCCCCC(=O)OCC(COC(=O)CCCCCCC/C=C\C/C=C\C/C=C\CC)OC(=O)CCCCCCCCCCCCCCCCCCC. The van der Waals surface area contributed by atoms with Crippen molar-refractivity contribution < 1.29 is 28.6 Å². The van der Waals surface area contributed by atoms with Crippen LogP contribution in [0.5, 0.6) is 0 Å². The van der Waals surface area contributed by atoms with Gasteiger partial charge in [0.2, 0.25) is 0 Å². The van der Waals surface area contributed by atoms with E-state index in [9.17, 15) is 14.4 Å². The first-order valence-electron chi connectivity index (χ1n) is 31.4. The van der Waals surface area contributed by atoms with Crippen LogP contribution in [0.2, 0.25) is 0 Å². The maximum atomic E-state index is 12.9. The summed E-state index contributed by atoms with van der Waals surface area (Å²) in [6.45, 7) is 6.41. The van der Waals surface area contributed by atoms with Gasteiger partial charge in [-0.1, -0.05) is 278 Å². The smallest absolute Gasteiger partial charge is 0.306 e. The van der Waals surface area contributed by atoms with Crippen molar-refractivity contribution in [2.75, 3.05) is 13.2 Å². The number of unbranched alkanes of at least 4 members (excludes halogenated alkanes) is 27. The van der Waals surface area contributed by atoms with E-state index in [2.05, 4.69) is 130 Å². The second-order valence-corrected chi connectivity index (χ2v) is 20.6. The summed E-state index contributed by atoms with van der Waals surface area (Å²) in [5.41, 5.74) is 0. The minimum Gasteiger partial charge on any atom is -0.462 e. The molecule has 0 spiro atoms. The van der Waals surface area contributed by atoms with E-state index in [0.717, 1.165) is 148 Å². The molecule has 0 amide bonds.